The summed E-state index contributed by atoms with van der Waals surface area (Å²) in [6, 6.07) is 17.6. The molecule has 0 aliphatic carbocycles. The standard InChI is InChI=1S/C19H19N3OS/c1-13(2)14-8-10-15(11-9-14)17(23)12-24-19-20-18(21-22-19)16-6-4-3-5-7-16/h3-11,13H,12H2,1-2H3,(H,20,21,22). The number of rotatable bonds is 6. The van der Waals surface area contributed by atoms with E-state index in [4.69, 9.17) is 0 Å². The van der Waals surface area contributed by atoms with Gasteiger partial charge in [0.25, 0.3) is 0 Å². The van der Waals surface area contributed by atoms with Crippen molar-refractivity contribution in [3.05, 3.63) is 65.7 Å². The lowest BCUT2D eigenvalue weighted by molar-refractivity contribution is 0.102. The molecule has 0 aliphatic heterocycles. The monoisotopic (exact) mass is 337 g/mol. The van der Waals surface area contributed by atoms with Gasteiger partial charge >= 0.3 is 0 Å². The Kier molecular flexibility index (Phi) is 5.11. The van der Waals surface area contributed by atoms with Crippen LogP contribution in [0.2, 0.25) is 0 Å². The molecule has 0 aliphatic rings. The van der Waals surface area contributed by atoms with Crippen LogP contribution in [0.25, 0.3) is 11.4 Å². The first-order valence-corrected chi connectivity index (χ1v) is 8.86. The number of ketones is 1. The van der Waals surface area contributed by atoms with Crippen molar-refractivity contribution in [1.29, 1.82) is 0 Å². The highest BCUT2D eigenvalue weighted by Crippen LogP contribution is 2.20. The van der Waals surface area contributed by atoms with Crippen LogP contribution < -0.4 is 0 Å². The molecule has 0 bridgehead atoms. The van der Waals surface area contributed by atoms with Gasteiger partial charge in [-0.1, -0.05) is 80.2 Å². The summed E-state index contributed by atoms with van der Waals surface area (Å²) < 4.78 is 0. The van der Waals surface area contributed by atoms with Crippen LogP contribution in [0.3, 0.4) is 0 Å². The predicted octanol–water partition coefficient (Wildman–Crippen LogP) is 4.57. The molecule has 0 radical (unpaired) electrons. The number of carbonyl (C=O) groups is 1. The molecule has 3 rings (SSSR count). The van der Waals surface area contributed by atoms with E-state index in [9.17, 15) is 4.79 Å². The van der Waals surface area contributed by atoms with Crippen molar-refractivity contribution in [2.24, 2.45) is 0 Å². The maximum Gasteiger partial charge on any atom is 0.209 e. The van der Waals surface area contributed by atoms with E-state index in [0.29, 0.717) is 22.7 Å². The average molecular weight is 337 g/mol. The molecule has 0 saturated heterocycles. The van der Waals surface area contributed by atoms with Crippen LogP contribution >= 0.6 is 11.8 Å². The molecule has 0 fully saturated rings. The van der Waals surface area contributed by atoms with Crippen molar-refractivity contribution in [1.82, 2.24) is 15.2 Å². The molecule has 24 heavy (non-hydrogen) atoms. The summed E-state index contributed by atoms with van der Waals surface area (Å²) in [6.45, 7) is 4.28. The second kappa shape index (κ2) is 7.45. The fraction of sp³-hybridized carbons (Fsp3) is 0.211. The molecule has 2 aromatic carbocycles. The molecule has 1 aromatic heterocycles. The number of thioether (sulfide) groups is 1. The van der Waals surface area contributed by atoms with Crippen LogP contribution in [0, 0.1) is 0 Å². The van der Waals surface area contributed by atoms with Crippen LogP contribution in [-0.2, 0) is 0 Å². The Labute approximate surface area is 145 Å². The molecule has 3 aromatic rings. The normalized spacial score (nSPS) is 11.0. The molecule has 4 nitrogen and oxygen atoms in total. The molecule has 5 heteroatoms. The van der Waals surface area contributed by atoms with E-state index < -0.39 is 0 Å². The van der Waals surface area contributed by atoms with E-state index in [2.05, 4.69) is 29.0 Å². The van der Waals surface area contributed by atoms with Crippen molar-refractivity contribution in [3.63, 3.8) is 0 Å². The van der Waals surface area contributed by atoms with Crippen LogP contribution in [-0.4, -0.2) is 26.7 Å². The number of benzene rings is 2. The molecular weight excluding hydrogens is 318 g/mol. The fourth-order valence-electron chi connectivity index (χ4n) is 2.30. The van der Waals surface area contributed by atoms with Gasteiger partial charge in [0.1, 0.15) is 0 Å². The Hall–Kier alpha value is -2.40. The second-order valence-corrected chi connectivity index (χ2v) is 6.76. The first-order valence-electron chi connectivity index (χ1n) is 7.87. The van der Waals surface area contributed by atoms with Gasteiger partial charge in [-0.05, 0) is 11.5 Å². The number of nitrogens with one attached hydrogen (secondary N) is 1. The summed E-state index contributed by atoms with van der Waals surface area (Å²) in [5.41, 5.74) is 2.94. The van der Waals surface area contributed by atoms with Gasteiger partial charge in [-0.25, -0.2) is 4.98 Å². The Bertz CT molecular complexity index is 810. The lowest BCUT2D eigenvalue weighted by Gasteiger charge is -2.05. The van der Waals surface area contributed by atoms with Gasteiger partial charge in [-0.2, -0.15) is 0 Å². The molecule has 0 atom stereocenters. The predicted molar refractivity (Wildman–Crippen MR) is 97.4 cm³/mol. The summed E-state index contributed by atoms with van der Waals surface area (Å²) in [5, 5.41) is 7.67. The summed E-state index contributed by atoms with van der Waals surface area (Å²) in [7, 11) is 0. The molecule has 0 unspecified atom stereocenters. The van der Waals surface area contributed by atoms with E-state index >= 15 is 0 Å². The Morgan fingerprint density at radius 2 is 1.79 bits per heavy atom. The number of hydrogen-bond acceptors (Lipinski definition) is 4. The largest absolute Gasteiger partial charge is 0.293 e. The molecule has 0 spiro atoms. The summed E-state index contributed by atoms with van der Waals surface area (Å²) in [4.78, 5) is 16.7. The fourth-order valence-corrected chi connectivity index (χ4v) is 3.00. The Morgan fingerprint density at radius 3 is 2.46 bits per heavy atom. The third-order valence-electron chi connectivity index (χ3n) is 3.74. The number of H-pyrrole nitrogens is 1. The van der Waals surface area contributed by atoms with E-state index in [1.165, 1.54) is 17.3 Å². The Morgan fingerprint density at radius 1 is 1.08 bits per heavy atom. The third kappa shape index (κ3) is 3.92. The molecular formula is C19H19N3OS. The molecule has 0 amide bonds. The van der Waals surface area contributed by atoms with Gasteiger partial charge in [0.2, 0.25) is 5.16 Å². The van der Waals surface area contributed by atoms with Gasteiger partial charge in [0.05, 0.1) is 5.75 Å². The van der Waals surface area contributed by atoms with E-state index in [-0.39, 0.29) is 5.78 Å². The van der Waals surface area contributed by atoms with Crippen molar-refractivity contribution in [2.75, 3.05) is 5.75 Å². The van der Waals surface area contributed by atoms with Crippen LogP contribution in [0.1, 0.15) is 35.7 Å². The first kappa shape index (κ1) is 16.5. The number of carbonyl (C=O) groups excluding carboxylic acids is 1. The summed E-state index contributed by atoms with van der Waals surface area (Å²) >= 11 is 1.35. The number of aromatic amines is 1. The minimum absolute atomic E-state index is 0.0846. The average Bonchev–Trinajstić information content (AvgIpc) is 3.09. The Balaban J connectivity index is 1.61. The maximum absolute atomic E-state index is 12.3. The van der Waals surface area contributed by atoms with Crippen molar-refractivity contribution >= 4 is 17.5 Å². The van der Waals surface area contributed by atoms with Gasteiger partial charge in [-0.3, -0.25) is 9.89 Å². The summed E-state index contributed by atoms with van der Waals surface area (Å²) in [6.07, 6.45) is 0. The quantitative estimate of drug-likeness (QED) is 0.529. The molecule has 0 saturated carbocycles. The van der Waals surface area contributed by atoms with Gasteiger partial charge in [0, 0.05) is 11.1 Å². The van der Waals surface area contributed by atoms with E-state index in [1.54, 1.807) is 0 Å². The molecule has 1 N–H and O–H groups in total. The van der Waals surface area contributed by atoms with Crippen LogP contribution in [0.4, 0.5) is 0 Å². The lowest BCUT2D eigenvalue weighted by atomic mass is 10.0. The van der Waals surface area contributed by atoms with Gasteiger partial charge < -0.3 is 0 Å². The van der Waals surface area contributed by atoms with Gasteiger partial charge in [-0.15, -0.1) is 5.10 Å². The van der Waals surface area contributed by atoms with Crippen molar-refractivity contribution < 1.29 is 4.79 Å². The van der Waals surface area contributed by atoms with Crippen molar-refractivity contribution in [3.8, 4) is 11.4 Å². The highest BCUT2D eigenvalue weighted by Gasteiger charge is 2.11. The van der Waals surface area contributed by atoms with Crippen LogP contribution in [0.5, 0.6) is 0 Å². The minimum Gasteiger partial charge on any atom is -0.293 e. The smallest absolute Gasteiger partial charge is 0.209 e. The van der Waals surface area contributed by atoms with Crippen molar-refractivity contribution in [2.45, 2.75) is 24.9 Å². The third-order valence-corrected chi connectivity index (χ3v) is 4.59. The van der Waals surface area contributed by atoms with Gasteiger partial charge in [0.15, 0.2) is 11.6 Å². The molecule has 122 valence electrons. The maximum atomic E-state index is 12.3. The zero-order chi connectivity index (χ0) is 16.9. The summed E-state index contributed by atoms with van der Waals surface area (Å²) in [5.74, 6) is 1.59. The highest BCUT2D eigenvalue weighted by atomic mass is 32.2. The van der Waals surface area contributed by atoms with Crippen LogP contribution in [0.15, 0.2) is 59.8 Å². The number of hydrogen-bond donors (Lipinski definition) is 1. The highest BCUT2D eigenvalue weighted by molar-refractivity contribution is 7.99. The second-order valence-electron chi connectivity index (χ2n) is 5.82. The zero-order valence-electron chi connectivity index (χ0n) is 13.7. The number of nitrogens with zero attached hydrogens (tertiary/aromatic N) is 2. The zero-order valence-corrected chi connectivity index (χ0v) is 14.5. The number of Topliss-reactive ketones (excluding diaryl/α,β-unsaturated/α-hetero) is 1. The SMILES string of the molecule is CC(C)c1ccc(C(=O)CSc2n[nH]c(-c3ccccc3)n2)cc1. The first-order chi connectivity index (χ1) is 11.6. The number of aromatic nitrogens is 3. The lowest BCUT2D eigenvalue weighted by Crippen LogP contribution is -2.03. The van der Waals surface area contributed by atoms with E-state index in [0.717, 1.165) is 11.1 Å². The van der Waals surface area contributed by atoms with E-state index in [1.807, 2.05) is 54.6 Å². The topological polar surface area (TPSA) is 58.6 Å². The molecule has 1 heterocycles. The minimum atomic E-state index is 0.0846.